The molecule has 8 heteroatoms. The minimum Gasteiger partial charge on any atom is -0.465 e. The molecule has 0 saturated heterocycles. The summed E-state index contributed by atoms with van der Waals surface area (Å²) in [6, 6.07) is 0. The number of carbonyl (C=O) groups excluding carboxylic acids is 2. The number of hydrogen-bond donors (Lipinski definition) is 0. The van der Waals surface area contributed by atoms with Gasteiger partial charge in [-0.05, 0) is 13.3 Å². The number of esters is 1. The zero-order valence-electron chi connectivity index (χ0n) is 12.4. The summed E-state index contributed by atoms with van der Waals surface area (Å²) in [5.41, 5.74) is -0.477. The van der Waals surface area contributed by atoms with Crippen molar-refractivity contribution in [1.82, 2.24) is 14.3 Å². The van der Waals surface area contributed by atoms with Crippen LogP contribution in [-0.4, -0.2) is 45.9 Å². The van der Waals surface area contributed by atoms with Crippen LogP contribution in [0.25, 0.3) is 4.96 Å². The maximum atomic E-state index is 12.5. The molecule has 118 valence electrons. The van der Waals surface area contributed by atoms with Crippen molar-refractivity contribution < 1.29 is 14.3 Å². The second kappa shape index (κ2) is 7.17. The first-order chi connectivity index (χ1) is 10.6. The standard InChI is InChI=1S/C14H17N3O4S/c1-3-5-16(9-11(18)21-4-2)12(19)10-8-15-14-17(13(10)20)6-7-22-14/h6-8H,3-5,9H2,1-2H3. The van der Waals surface area contributed by atoms with Gasteiger partial charge < -0.3 is 9.64 Å². The van der Waals surface area contributed by atoms with Crippen molar-refractivity contribution in [2.45, 2.75) is 20.3 Å². The molecule has 2 rings (SSSR count). The zero-order chi connectivity index (χ0) is 16.1. The highest BCUT2D eigenvalue weighted by Gasteiger charge is 2.22. The number of fused-ring (bicyclic) bond motifs is 1. The smallest absolute Gasteiger partial charge is 0.325 e. The normalized spacial score (nSPS) is 10.6. The summed E-state index contributed by atoms with van der Waals surface area (Å²) in [5, 5.41) is 1.72. The van der Waals surface area contributed by atoms with Gasteiger partial charge in [0.25, 0.3) is 11.5 Å². The molecule has 0 fully saturated rings. The Morgan fingerprint density at radius 1 is 1.41 bits per heavy atom. The molecule has 0 aliphatic rings. The minimum absolute atomic E-state index is 0.0475. The lowest BCUT2D eigenvalue weighted by molar-refractivity contribution is -0.143. The van der Waals surface area contributed by atoms with Crippen LogP contribution < -0.4 is 5.56 Å². The Balaban J connectivity index is 2.30. The third kappa shape index (κ3) is 3.33. The van der Waals surface area contributed by atoms with Crippen LogP contribution >= 0.6 is 11.3 Å². The van der Waals surface area contributed by atoms with E-state index in [9.17, 15) is 14.4 Å². The summed E-state index contributed by atoms with van der Waals surface area (Å²) in [6.45, 7) is 4.02. The molecule has 22 heavy (non-hydrogen) atoms. The van der Waals surface area contributed by atoms with E-state index in [1.54, 1.807) is 18.5 Å². The fourth-order valence-corrected chi connectivity index (χ4v) is 2.70. The van der Waals surface area contributed by atoms with Crippen LogP contribution in [0.1, 0.15) is 30.6 Å². The third-order valence-corrected chi connectivity index (χ3v) is 3.75. The Bertz CT molecular complexity index is 737. The van der Waals surface area contributed by atoms with Crippen molar-refractivity contribution in [1.29, 1.82) is 0 Å². The lowest BCUT2D eigenvalue weighted by Gasteiger charge is -2.20. The largest absolute Gasteiger partial charge is 0.465 e. The molecule has 0 saturated carbocycles. The highest BCUT2D eigenvalue weighted by atomic mass is 32.1. The summed E-state index contributed by atoms with van der Waals surface area (Å²) in [5.74, 6) is -0.998. The second-order valence-electron chi connectivity index (χ2n) is 4.56. The predicted octanol–water partition coefficient (Wildman–Crippen LogP) is 1.17. The van der Waals surface area contributed by atoms with E-state index in [2.05, 4.69) is 4.98 Å². The average Bonchev–Trinajstić information content (AvgIpc) is 2.96. The van der Waals surface area contributed by atoms with E-state index < -0.39 is 17.4 Å². The lowest BCUT2D eigenvalue weighted by atomic mass is 10.2. The number of thiazole rings is 1. The molecule has 0 unspecified atom stereocenters. The molecule has 2 heterocycles. The maximum Gasteiger partial charge on any atom is 0.325 e. The molecule has 1 amide bonds. The third-order valence-electron chi connectivity index (χ3n) is 2.98. The van der Waals surface area contributed by atoms with Crippen molar-refractivity contribution in [2.75, 3.05) is 19.7 Å². The number of aromatic nitrogens is 2. The SMILES string of the molecule is CCCN(CC(=O)OCC)C(=O)c1cnc2sccn2c1=O. The van der Waals surface area contributed by atoms with Gasteiger partial charge in [-0.2, -0.15) is 0 Å². The average molecular weight is 323 g/mol. The number of ether oxygens (including phenoxy) is 1. The Labute approximate surface area is 131 Å². The number of nitrogens with zero attached hydrogens (tertiary/aromatic N) is 3. The summed E-state index contributed by atoms with van der Waals surface area (Å²) in [7, 11) is 0. The predicted molar refractivity (Wildman–Crippen MR) is 82.2 cm³/mol. The van der Waals surface area contributed by atoms with E-state index >= 15 is 0 Å². The fraction of sp³-hybridized carbons (Fsp3) is 0.429. The van der Waals surface area contributed by atoms with E-state index in [-0.39, 0.29) is 18.7 Å². The summed E-state index contributed by atoms with van der Waals surface area (Å²) in [4.78, 5) is 42.4. The molecule has 0 aromatic carbocycles. The zero-order valence-corrected chi connectivity index (χ0v) is 13.3. The van der Waals surface area contributed by atoms with Gasteiger partial charge in [0.05, 0.1) is 6.61 Å². The second-order valence-corrected chi connectivity index (χ2v) is 5.44. The molecule has 2 aromatic rings. The maximum absolute atomic E-state index is 12.5. The quantitative estimate of drug-likeness (QED) is 0.746. The number of amides is 1. The van der Waals surface area contributed by atoms with Crippen LogP contribution in [0.5, 0.6) is 0 Å². The van der Waals surface area contributed by atoms with Gasteiger partial charge in [-0.15, -0.1) is 11.3 Å². The number of hydrogen-bond acceptors (Lipinski definition) is 6. The van der Waals surface area contributed by atoms with E-state index in [0.29, 0.717) is 17.9 Å². The fourth-order valence-electron chi connectivity index (χ4n) is 2.03. The van der Waals surface area contributed by atoms with Gasteiger partial charge in [-0.3, -0.25) is 18.8 Å². The van der Waals surface area contributed by atoms with Crippen LogP contribution in [0.2, 0.25) is 0 Å². The van der Waals surface area contributed by atoms with Crippen molar-refractivity contribution in [3.63, 3.8) is 0 Å². The number of carbonyl (C=O) groups is 2. The molecule has 0 bridgehead atoms. The molecule has 0 spiro atoms. The Hall–Kier alpha value is -2.22. The topological polar surface area (TPSA) is 81.0 Å². The van der Waals surface area contributed by atoms with Crippen molar-refractivity contribution in [3.8, 4) is 0 Å². The van der Waals surface area contributed by atoms with Crippen LogP contribution in [-0.2, 0) is 9.53 Å². The molecular weight excluding hydrogens is 306 g/mol. The van der Waals surface area contributed by atoms with E-state index in [1.807, 2.05) is 6.92 Å². The van der Waals surface area contributed by atoms with Crippen molar-refractivity contribution in [2.24, 2.45) is 0 Å². The highest BCUT2D eigenvalue weighted by Crippen LogP contribution is 2.08. The minimum atomic E-state index is -0.506. The van der Waals surface area contributed by atoms with Gasteiger partial charge in [-0.25, -0.2) is 4.98 Å². The van der Waals surface area contributed by atoms with Gasteiger partial charge in [0, 0.05) is 24.3 Å². The summed E-state index contributed by atoms with van der Waals surface area (Å²) >= 11 is 1.31. The molecule has 2 aromatic heterocycles. The molecule has 0 aliphatic carbocycles. The van der Waals surface area contributed by atoms with Crippen molar-refractivity contribution in [3.05, 3.63) is 33.7 Å². The molecule has 0 atom stereocenters. The molecule has 0 radical (unpaired) electrons. The van der Waals surface area contributed by atoms with Gasteiger partial charge in [0.2, 0.25) is 0 Å². The molecular formula is C14H17N3O4S. The van der Waals surface area contributed by atoms with Gasteiger partial charge in [0.15, 0.2) is 4.96 Å². The first-order valence-electron chi connectivity index (χ1n) is 6.98. The van der Waals surface area contributed by atoms with Crippen LogP contribution in [0, 0.1) is 0 Å². The molecule has 0 N–H and O–H groups in total. The Morgan fingerprint density at radius 2 is 2.18 bits per heavy atom. The number of rotatable bonds is 6. The van der Waals surface area contributed by atoms with Crippen LogP contribution in [0.3, 0.4) is 0 Å². The van der Waals surface area contributed by atoms with E-state index in [1.165, 1.54) is 26.8 Å². The Morgan fingerprint density at radius 3 is 2.86 bits per heavy atom. The van der Waals surface area contributed by atoms with Crippen LogP contribution in [0.15, 0.2) is 22.6 Å². The van der Waals surface area contributed by atoms with E-state index in [0.717, 1.165) is 0 Å². The van der Waals surface area contributed by atoms with E-state index in [4.69, 9.17) is 4.74 Å². The monoisotopic (exact) mass is 323 g/mol. The van der Waals surface area contributed by atoms with Gasteiger partial charge in [0.1, 0.15) is 12.1 Å². The molecule has 0 aliphatic heterocycles. The van der Waals surface area contributed by atoms with Gasteiger partial charge in [-0.1, -0.05) is 6.92 Å². The van der Waals surface area contributed by atoms with Crippen LogP contribution in [0.4, 0.5) is 0 Å². The summed E-state index contributed by atoms with van der Waals surface area (Å²) in [6.07, 6.45) is 3.51. The first-order valence-corrected chi connectivity index (χ1v) is 7.86. The summed E-state index contributed by atoms with van der Waals surface area (Å²) < 4.78 is 6.19. The lowest BCUT2D eigenvalue weighted by Crippen LogP contribution is -2.40. The van der Waals surface area contributed by atoms with Gasteiger partial charge >= 0.3 is 5.97 Å². The first kappa shape index (κ1) is 16.2. The molecule has 7 nitrogen and oxygen atoms in total. The Kier molecular flexibility index (Phi) is 5.26. The highest BCUT2D eigenvalue weighted by molar-refractivity contribution is 7.15. The van der Waals surface area contributed by atoms with Crippen molar-refractivity contribution >= 4 is 28.2 Å².